The Morgan fingerprint density at radius 1 is 1.23 bits per heavy atom. The average Bonchev–Trinajstić information content (AvgIpc) is 2.85. The van der Waals surface area contributed by atoms with E-state index in [1.54, 1.807) is 14.1 Å². The number of hydrogen-bond acceptors (Lipinski definition) is 9. The third-order valence-electron chi connectivity index (χ3n) is 9.39. The van der Waals surface area contributed by atoms with Gasteiger partial charge >= 0.3 is 0 Å². The molecule has 4 atom stereocenters. The number of piperidine rings is 1. The van der Waals surface area contributed by atoms with Gasteiger partial charge in [0.2, 0.25) is 5.78 Å². The molecule has 10 nitrogen and oxygen atoms in total. The topological polar surface area (TPSA) is 171 Å². The van der Waals surface area contributed by atoms with Crippen molar-refractivity contribution in [3.8, 4) is 5.75 Å². The van der Waals surface area contributed by atoms with Crippen molar-refractivity contribution in [1.82, 2.24) is 9.80 Å². The Morgan fingerprint density at radius 3 is 2.42 bits per heavy atom. The first kappa shape index (κ1) is 28.3. The van der Waals surface area contributed by atoms with Gasteiger partial charge in [0.15, 0.2) is 5.60 Å². The van der Waals surface area contributed by atoms with Gasteiger partial charge in [-0.1, -0.05) is 13.8 Å². The molecule has 0 spiro atoms. The molecule has 1 heterocycles. The number of nitrogens with zero attached hydrogens (tertiary/aromatic N) is 2. The predicted molar refractivity (Wildman–Crippen MR) is 145 cm³/mol. The molecular formula is C29H37FN4O6. The Hall–Kier alpha value is -3.28. The van der Waals surface area contributed by atoms with Crippen LogP contribution in [0.4, 0.5) is 4.39 Å². The quantitative estimate of drug-likeness (QED) is 0.328. The second-order valence-corrected chi connectivity index (χ2v) is 12.7. The predicted octanol–water partition coefficient (Wildman–Crippen LogP) is 2.18. The number of aromatic hydroxyl groups is 1. The summed E-state index contributed by atoms with van der Waals surface area (Å²) in [7, 11) is 3.17. The maximum atomic E-state index is 16.0. The lowest BCUT2D eigenvalue weighted by atomic mass is 9.57. The van der Waals surface area contributed by atoms with E-state index in [2.05, 4.69) is 18.7 Å². The second-order valence-electron chi connectivity index (χ2n) is 12.7. The number of nitrogens with one attached hydrogen (secondary N) is 1. The van der Waals surface area contributed by atoms with E-state index in [0.717, 1.165) is 25.9 Å². The number of hydrogen-bond donors (Lipinski definition) is 6. The summed E-state index contributed by atoms with van der Waals surface area (Å²) in [6, 6.07) is 0.232. The standard InChI is InChI=1S/C29H37FN4O6/c1-28(2)5-7-34(8-6-28)12-14-11-17(35)19-15(21(14)30)9-13-10-16-22(33(3)4)24(37)20(27(32)39)25(31)29(16,40)26(38)18(13)23(19)36/h11,13,16,22,31,35-37,40H,5-10,12H2,1-4H3,(H2,32,39)/t13-,16-,22-,29+/m0/s1. The fourth-order valence-corrected chi connectivity index (χ4v) is 7.08. The number of rotatable bonds is 4. The number of nitrogens with two attached hydrogens (primary N) is 1. The molecule has 1 aromatic rings. The van der Waals surface area contributed by atoms with E-state index in [9.17, 15) is 30.0 Å². The fraction of sp³-hybridized carbons (Fsp3) is 0.552. The number of ketones is 1. The van der Waals surface area contributed by atoms with Crippen LogP contribution in [0, 0.1) is 28.5 Å². The van der Waals surface area contributed by atoms with Crippen LogP contribution in [0.3, 0.4) is 0 Å². The summed E-state index contributed by atoms with van der Waals surface area (Å²) in [6.45, 7) is 6.28. The molecule has 1 aliphatic heterocycles. The maximum absolute atomic E-state index is 16.0. The van der Waals surface area contributed by atoms with Crippen molar-refractivity contribution in [2.75, 3.05) is 27.2 Å². The number of halogens is 1. The lowest BCUT2D eigenvalue weighted by molar-refractivity contribution is -0.138. The van der Waals surface area contributed by atoms with Gasteiger partial charge in [0, 0.05) is 29.2 Å². The molecule has 0 radical (unpaired) electrons. The highest BCUT2D eigenvalue weighted by Crippen LogP contribution is 2.52. The Kier molecular flexibility index (Phi) is 6.63. The van der Waals surface area contributed by atoms with Crippen molar-refractivity contribution in [3.05, 3.63) is 45.5 Å². The van der Waals surface area contributed by atoms with E-state index < -0.39 is 63.8 Å². The molecule has 1 aromatic carbocycles. The minimum Gasteiger partial charge on any atom is -0.510 e. The fourth-order valence-electron chi connectivity index (χ4n) is 7.08. The van der Waals surface area contributed by atoms with E-state index in [4.69, 9.17) is 11.1 Å². The van der Waals surface area contributed by atoms with Gasteiger partial charge in [0.25, 0.3) is 5.91 Å². The van der Waals surface area contributed by atoms with E-state index >= 15 is 4.39 Å². The number of Topliss-reactive ketones (excluding diaryl/α,β-unsaturated/α-hetero) is 1. The van der Waals surface area contributed by atoms with Gasteiger partial charge in [-0.3, -0.25) is 19.4 Å². The van der Waals surface area contributed by atoms with Crippen LogP contribution >= 0.6 is 0 Å². The monoisotopic (exact) mass is 556 g/mol. The zero-order valence-electron chi connectivity index (χ0n) is 23.2. The number of fused-ring (bicyclic) bond motifs is 3. The first-order chi connectivity index (χ1) is 18.6. The molecule has 11 heteroatoms. The summed E-state index contributed by atoms with van der Waals surface area (Å²) < 4.78 is 16.0. The molecule has 1 saturated heterocycles. The molecule has 0 bridgehead atoms. The molecule has 216 valence electrons. The zero-order valence-corrected chi connectivity index (χ0v) is 23.2. The molecule has 40 heavy (non-hydrogen) atoms. The van der Waals surface area contributed by atoms with Crippen LogP contribution in [0.5, 0.6) is 5.75 Å². The molecule has 1 amide bonds. The molecule has 3 aliphatic carbocycles. The number of benzene rings is 1. The number of carbonyl (C=O) groups is 2. The first-order valence-corrected chi connectivity index (χ1v) is 13.5. The van der Waals surface area contributed by atoms with Gasteiger partial charge in [0.05, 0.1) is 17.3 Å². The number of carbonyl (C=O) groups excluding carboxylic acids is 2. The molecule has 2 fully saturated rings. The largest absolute Gasteiger partial charge is 0.510 e. The molecule has 0 aromatic heterocycles. The Morgan fingerprint density at radius 2 is 1.85 bits per heavy atom. The summed E-state index contributed by atoms with van der Waals surface area (Å²) in [5.41, 5.74) is 1.50. The highest BCUT2D eigenvalue weighted by atomic mass is 19.1. The summed E-state index contributed by atoms with van der Waals surface area (Å²) >= 11 is 0. The van der Waals surface area contributed by atoms with Crippen molar-refractivity contribution in [2.45, 2.75) is 57.7 Å². The summed E-state index contributed by atoms with van der Waals surface area (Å²) in [4.78, 5) is 29.7. The van der Waals surface area contributed by atoms with Crippen LogP contribution in [0.1, 0.15) is 49.8 Å². The maximum Gasteiger partial charge on any atom is 0.254 e. The third kappa shape index (κ3) is 4.05. The number of phenolic OH excluding ortho intramolecular Hbond substituents is 1. The highest BCUT2D eigenvalue weighted by molar-refractivity contribution is 6.33. The van der Waals surface area contributed by atoms with E-state index in [1.807, 2.05) is 0 Å². The number of likely N-dealkylation sites (tertiary alicyclic amines) is 1. The first-order valence-electron chi connectivity index (χ1n) is 13.5. The minimum atomic E-state index is -2.57. The van der Waals surface area contributed by atoms with Crippen LogP contribution in [0.25, 0.3) is 5.76 Å². The van der Waals surface area contributed by atoms with Crippen LogP contribution in [-0.4, -0.2) is 86.5 Å². The van der Waals surface area contributed by atoms with Gasteiger partial charge in [0.1, 0.15) is 28.7 Å². The number of phenols is 1. The Bertz CT molecular complexity index is 1390. The number of likely N-dealkylation sites (N-methyl/N-ethyl adjacent to an activating group) is 1. The molecule has 0 unspecified atom stereocenters. The SMILES string of the molecule is CN(C)[C@@H]1C(O)=C(C(N)=O)C(=N)[C@@]2(O)C(=O)C3=C(O)c4c(O)cc(CN5CCC(C)(C)CC5)c(F)c4C[C@H]3C[C@@H]12. The third-order valence-corrected chi connectivity index (χ3v) is 9.39. The van der Waals surface area contributed by atoms with Crippen molar-refractivity contribution >= 4 is 23.2 Å². The Labute approximate surface area is 232 Å². The van der Waals surface area contributed by atoms with Crippen LogP contribution in [0.2, 0.25) is 0 Å². The number of primary amides is 1. The summed E-state index contributed by atoms with van der Waals surface area (Å²) in [5, 5.41) is 53.4. The number of aliphatic hydroxyl groups is 3. The van der Waals surface area contributed by atoms with E-state index in [0.29, 0.717) is 12.1 Å². The van der Waals surface area contributed by atoms with Crippen molar-refractivity contribution in [3.63, 3.8) is 0 Å². The summed E-state index contributed by atoms with van der Waals surface area (Å²) in [5.74, 6) is -6.15. The zero-order chi connectivity index (χ0) is 29.5. The number of amides is 1. The van der Waals surface area contributed by atoms with Gasteiger partial charge in [-0.15, -0.1) is 0 Å². The van der Waals surface area contributed by atoms with E-state index in [1.165, 1.54) is 11.0 Å². The summed E-state index contributed by atoms with van der Waals surface area (Å²) in [6.07, 6.45) is 1.89. The molecule has 1 saturated carbocycles. The van der Waals surface area contributed by atoms with Gasteiger partial charge in [-0.25, -0.2) is 4.39 Å². The van der Waals surface area contributed by atoms with E-state index in [-0.39, 0.29) is 40.7 Å². The smallest absolute Gasteiger partial charge is 0.254 e. The Balaban J connectivity index is 1.58. The average molecular weight is 557 g/mol. The molecule has 5 rings (SSSR count). The second kappa shape index (κ2) is 9.39. The molecule has 4 aliphatic rings. The number of aliphatic hydroxyl groups excluding tert-OH is 2. The van der Waals surface area contributed by atoms with Gasteiger partial charge in [-0.05, 0) is 70.3 Å². The van der Waals surface area contributed by atoms with Crippen molar-refractivity contribution in [2.24, 2.45) is 23.0 Å². The lowest BCUT2D eigenvalue weighted by Gasteiger charge is -2.51. The lowest BCUT2D eigenvalue weighted by Crippen LogP contribution is -2.67. The van der Waals surface area contributed by atoms with Crippen molar-refractivity contribution < 1.29 is 34.4 Å². The molecular weight excluding hydrogens is 519 g/mol. The highest BCUT2D eigenvalue weighted by Gasteiger charge is 2.63. The normalized spacial score (nSPS) is 30.3. The van der Waals surface area contributed by atoms with Crippen LogP contribution < -0.4 is 5.73 Å². The minimum absolute atomic E-state index is 0.00591. The molecule has 7 N–H and O–H groups in total. The van der Waals surface area contributed by atoms with Gasteiger partial charge < -0.3 is 31.6 Å². The van der Waals surface area contributed by atoms with Gasteiger partial charge in [-0.2, -0.15) is 0 Å². The van der Waals surface area contributed by atoms with Crippen molar-refractivity contribution in [1.29, 1.82) is 5.41 Å². The van der Waals surface area contributed by atoms with Crippen LogP contribution in [-0.2, 0) is 22.6 Å². The van der Waals surface area contributed by atoms with Crippen LogP contribution in [0.15, 0.2) is 23.0 Å².